The van der Waals surface area contributed by atoms with Gasteiger partial charge in [0.05, 0.1) is 0 Å². The minimum Gasteiger partial charge on any atom is -0.457 e. The van der Waals surface area contributed by atoms with Crippen LogP contribution in [0.1, 0.15) is 18.1 Å². The van der Waals surface area contributed by atoms with Crippen LogP contribution in [-0.2, 0) is 6.42 Å². The Kier molecular flexibility index (Phi) is 4.58. The lowest BCUT2D eigenvalue weighted by atomic mass is 10.1. The maximum atomic E-state index is 5.94. The molecule has 1 N–H and O–H groups in total. The van der Waals surface area contributed by atoms with E-state index < -0.39 is 0 Å². The van der Waals surface area contributed by atoms with E-state index in [4.69, 9.17) is 4.74 Å². The zero-order valence-electron chi connectivity index (χ0n) is 11.8. The molecule has 2 nitrogen and oxygen atoms in total. The van der Waals surface area contributed by atoms with Gasteiger partial charge >= 0.3 is 0 Å². The van der Waals surface area contributed by atoms with Crippen LogP contribution in [0, 0.1) is 6.92 Å². The van der Waals surface area contributed by atoms with Gasteiger partial charge in [0.2, 0.25) is 0 Å². The molecule has 0 unspecified atom stereocenters. The summed E-state index contributed by atoms with van der Waals surface area (Å²) >= 11 is 0. The molecule has 2 rings (SSSR count). The van der Waals surface area contributed by atoms with Crippen LogP contribution in [0.2, 0.25) is 0 Å². The zero-order valence-corrected chi connectivity index (χ0v) is 11.8. The average molecular weight is 255 g/mol. The summed E-state index contributed by atoms with van der Waals surface area (Å²) in [7, 11) is 1.98. The highest BCUT2D eigenvalue weighted by Crippen LogP contribution is 2.25. The van der Waals surface area contributed by atoms with Gasteiger partial charge in [0.15, 0.2) is 0 Å². The summed E-state index contributed by atoms with van der Waals surface area (Å²) in [6, 6.07) is 16.8. The molecule has 0 bridgehead atoms. The highest BCUT2D eigenvalue weighted by Gasteiger charge is 2.04. The van der Waals surface area contributed by atoms with Crippen molar-refractivity contribution in [1.82, 2.24) is 5.32 Å². The van der Waals surface area contributed by atoms with Gasteiger partial charge in [-0.25, -0.2) is 0 Å². The second-order valence-corrected chi connectivity index (χ2v) is 4.91. The molecule has 100 valence electrons. The third kappa shape index (κ3) is 3.83. The molecule has 0 fully saturated rings. The number of nitrogens with one attached hydrogen (secondary N) is 1. The van der Waals surface area contributed by atoms with Crippen LogP contribution in [0.4, 0.5) is 0 Å². The van der Waals surface area contributed by atoms with E-state index in [-0.39, 0.29) is 0 Å². The Morgan fingerprint density at radius 1 is 1.11 bits per heavy atom. The Hall–Kier alpha value is -1.80. The molecule has 2 aromatic carbocycles. The second kappa shape index (κ2) is 6.39. The van der Waals surface area contributed by atoms with Crippen LogP contribution >= 0.6 is 0 Å². The van der Waals surface area contributed by atoms with Gasteiger partial charge in [0.1, 0.15) is 11.5 Å². The molecule has 0 saturated carbocycles. The van der Waals surface area contributed by atoms with E-state index in [0.717, 1.165) is 23.5 Å². The third-order valence-corrected chi connectivity index (χ3v) is 3.25. The standard InChI is InChI=1S/C17H21NO/c1-13-7-4-5-10-17(13)19-16-9-6-8-15(12-16)11-14(2)18-3/h4-10,12,14,18H,11H2,1-3H3/t14-/m0/s1. The van der Waals surface area contributed by atoms with Crippen molar-refractivity contribution in [2.24, 2.45) is 0 Å². The molecule has 0 amide bonds. The third-order valence-electron chi connectivity index (χ3n) is 3.25. The first kappa shape index (κ1) is 13.6. The SMILES string of the molecule is CN[C@@H](C)Cc1cccc(Oc2ccccc2C)c1. The number of rotatable bonds is 5. The summed E-state index contributed by atoms with van der Waals surface area (Å²) in [6.07, 6.45) is 1.00. The number of ether oxygens (including phenoxy) is 1. The van der Waals surface area contributed by atoms with Gasteiger partial charge in [-0.2, -0.15) is 0 Å². The minimum atomic E-state index is 0.466. The molecular formula is C17H21NO. The van der Waals surface area contributed by atoms with E-state index in [0.29, 0.717) is 6.04 Å². The molecule has 0 aromatic heterocycles. The summed E-state index contributed by atoms with van der Waals surface area (Å²) in [5, 5.41) is 3.25. The van der Waals surface area contributed by atoms with Crippen molar-refractivity contribution in [3.05, 3.63) is 59.7 Å². The van der Waals surface area contributed by atoms with Crippen LogP contribution in [-0.4, -0.2) is 13.1 Å². The molecule has 0 radical (unpaired) electrons. The van der Waals surface area contributed by atoms with E-state index in [1.54, 1.807) is 0 Å². The lowest BCUT2D eigenvalue weighted by Crippen LogP contribution is -2.23. The fraction of sp³-hybridized carbons (Fsp3) is 0.294. The number of likely N-dealkylation sites (N-methyl/N-ethyl adjacent to an activating group) is 1. The smallest absolute Gasteiger partial charge is 0.130 e. The maximum absolute atomic E-state index is 5.94. The molecular weight excluding hydrogens is 234 g/mol. The molecule has 0 aliphatic rings. The van der Waals surface area contributed by atoms with Gasteiger partial charge < -0.3 is 10.1 Å². The highest BCUT2D eigenvalue weighted by molar-refractivity contribution is 5.38. The summed E-state index contributed by atoms with van der Waals surface area (Å²) in [6.45, 7) is 4.23. The van der Waals surface area contributed by atoms with Gasteiger partial charge in [-0.15, -0.1) is 0 Å². The topological polar surface area (TPSA) is 21.3 Å². The van der Waals surface area contributed by atoms with E-state index in [9.17, 15) is 0 Å². The fourth-order valence-electron chi connectivity index (χ4n) is 1.99. The molecule has 0 spiro atoms. The van der Waals surface area contributed by atoms with E-state index >= 15 is 0 Å². The van der Waals surface area contributed by atoms with Crippen LogP contribution in [0.25, 0.3) is 0 Å². The molecule has 2 heteroatoms. The number of aryl methyl sites for hydroxylation is 1. The summed E-state index contributed by atoms with van der Waals surface area (Å²) in [4.78, 5) is 0. The molecule has 2 aromatic rings. The summed E-state index contributed by atoms with van der Waals surface area (Å²) in [5.41, 5.74) is 2.43. The Morgan fingerprint density at radius 2 is 1.89 bits per heavy atom. The van der Waals surface area contributed by atoms with Crippen molar-refractivity contribution in [3.8, 4) is 11.5 Å². The quantitative estimate of drug-likeness (QED) is 0.873. The molecule has 19 heavy (non-hydrogen) atoms. The first-order valence-electron chi connectivity index (χ1n) is 6.68. The predicted octanol–water partition coefficient (Wildman–Crippen LogP) is 3.94. The summed E-state index contributed by atoms with van der Waals surface area (Å²) in [5.74, 6) is 1.82. The van der Waals surface area contributed by atoms with Crippen LogP contribution in [0.3, 0.4) is 0 Å². The van der Waals surface area contributed by atoms with Gasteiger partial charge in [0, 0.05) is 6.04 Å². The maximum Gasteiger partial charge on any atom is 0.130 e. The second-order valence-electron chi connectivity index (χ2n) is 4.91. The van der Waals surface area contributed by atoms with Crippen LogP contribution in [0.15, 0.2) is 48.5 Å². The van der Waals surface area contributed by atoms with Crippen LogP contribution in [0.5, 0.6) is 11.5 Å². The fourth-order valence-corrected chi connectivity index (χ4v) is 1.99. The first-order chi connectivity index (χ1) is 9.19. The monoisotopic (exact) mass is 255 g/mol. The molecule has 1 atom stereocenters. The van der Waals surface area contributed by atoms with E-state index in [1.165, 1.54) is 5.56 Å². The Labute approximate surface area is 115 Å². The van der Waals surface area contributed by atoms with Gasteiger partial charge in [-0.1, -0.05) is 30.3 Å². The average Bonchev–Trinajstić information content (AvgIpc) is 2.42. The Morgan fingerprint density at radius 3 is 2.63 bits per heavy atom. The van der Waals surface area contributed by atoms with Crippen molar-refractivity contribution >= 4 is 0 Å². The molecule has 0 heterocycles. The first-order valence-corrected chi connectivity index (χ1v) is 6.68. The lowest BCUT2D eigenvalue weighted by molar-refractivity contribution is 0.477. The van der Waals surface area contributed by atoms with Crippen molar-refractivity contribution in [2.45, 2.75) is 26.3 Å². The van der Waals surface area contributed by atoms with Gasteiger partial charge in [-0.3, -0.25) is 0 Å². The lowest BCUT2D eigenvalue weighted by Gasteiger charge is -2.12. The highest BCUT2D eigenvalue weighted by atomic mass is 16.5. The van der Waals surface area contributed by atoms with E-state index in [2.05, 4.69) is 37.4 Å². The Balaban J connectivity index is 2.13. The predicted molar refractivity (Wildman–Crippen MR) is 79.9 cm³/mol. The van der Waals surface area contributed by atoms with Crippen molar-refractivity contribution in [1.29, 1.82) is 0 Å². The number of benzene rings is 2. The summed E-state index contributed by atoms with van der Waals surface area (Å²) < 4.78 is 5.94. The van der Waals surface area contributed by atoms with Crippen molar-refractivity contribution in [2.75, 3.05) is 7.05 Å². The van der Waals surface area contributed by atoms with Gasteiger partial charge in [0.25, 0.3) is 0 Å². The van der Waals surface area contributed by atoms with Gasteiger partial charge in [-0.05, 0) is 56.6 Å². The van der Waals surface area contributed by atoms with Crippen molar-refractivity contribution in [3.63, 3.8) is 0 Å². The van der Waals surface area contributed by atoms with Crippen LogP contribution < -0.4 is 10.1 Å². The molecule has 0 aliphatic carbocycles. The number of para-hydroxylation sites is 1. The van der Waals surface area contributed by atoms with Crippen molar-refractivity contribution < 1.29 is 4.74 Å². The van der Waals surface area contributed by atoms with E-state index in [1.807, 2.05) is 37.4 Å². The minimum absolute atomic E-state index is 0.466. The normalized spacial score (nSPS) is 12.2. The number of hydrogen-bond acceptors (Lipinski definition) is 2. The molecule has 0 saturated heterocycles. The number of hydrogen-bond donors (Lipinski definition) is 1. The largest absolute Gasteiger partial charge is 0.457 e. The Bertz CT molecular complexity index is 536. The molecule has 0 aliphatic heterocycles. The zero-order chi connectivity index (χ0) is 13.7.